The van der Waals surface area contributed by atoms with Gasteiger partial charge in [0.25, 0.3) is 0 Å². The van der Waals surface area contributed by atoms with Crippen molar-refractivity contribution in [1.82, 2.24) is 4.98 Å². The van der Waals surface area contributed by atoms with Crippen molar-refractivity contribution in [2.24, 2.45) is 0 Å². The third-order valence-electron chi connectivity index (χ3n) is 1.96. The molecule has 5 heteroatoms. The van der Waals surface area contributed by atoms with E-state index in [-0.39, 0.29) is 0 Å². The molecule has 0 aromatic carbocycles. The van der Waals surface area contributed by atoms with E-state index in [0.717, 1.165) is 22.5 Å². The molecular formula is C10H15BrN2OS. The van der Waals surface area contributed by atoms with Crippen LogP contribution in [0.2, 0.25) is 0 Å². The molecule has 0 radical (unpaired) electrons. The average molecular weight is 291 g/mol. The first-order chi connectivity index (χ1) is 7.08. The van der Waals surface area contributed by atoms with E-state index in [9.17, 15) is 4.21 Å². The Morgan fingerprint density at radius 1 is 1.60 bits per heavy atom. The van der Waals surface area contributed by atoms with Crippen molar-refractivity contribution in [3.05, 3.63) is 22.8 Å². The van der Waals surface area contributed by atoms with Crippen LogP contribution in [0.5, 0.6) is 0 Å². The summed E-state index contributed by atoms with van der Waals surface area (Å²) in [6.07, 6.45) is 4.37. The first-order valence-corrected chi connectivity index (χ1v) is 7.28. The van der Waals surface area contributed by atoms with Crippen LogP contribution in [0, 0.1) is 0 Å². The van der Waals surface area contributed by atoms with Crippen LogP contribution in [0.4, 0.5) is 5.82 Å². The van der Waals surface area contributed by atoms with Crippen molar-refractivity contribution in [2.75, 3.05) is 17.3 Å². The van der Waals surface area contributed by atoms with E-state index in [1.54, 1.807) is 12.5 Å². The number of nitrogens with one attached hydrogen (secondary N) is 1. The topological polar surface area (TPSA) is 42.0 Å². The van der Waals surface area contributed by atoms with E-state index in [0.29, 0.717) is 6.04 Å². The Bertz CT molecular complexity index is 329. The van der Waals surface area contributed by atoms with Crippen molar-refractivity contribution < 1.29 is 4.21 Å². The molecule has 15 heavy (non-hydrogen) atoms. The minimum atomic E-state index is -0.716. The second-order valence-corrected chi connectivity index (χ2v) is 5.94. The monoisotopic (exact) mass is 290 g/mol. The molecule has 0 saturated heterocycles. The fraction of sp³-hybridized carbons (Fsp3) is 0.500. The number of halogens is 1. The highest BCUT2D eigenvalue weighted by Crippen LogP contribution is 2.11. The van der Waals surface area contributed by atoms with Crippen LogP contribution in [0.15, 0.2) is 22.8 Å². The van der Waals surface area contributed by atoms with Crippen LogP contribution in [0.3, 0.4) is 0 Å². The van der Waals surface area contributed by atoms with Crippen molar-refractivity contribution in [3.8, 4) is 0 Å². The van der Waals surface area contributed by atoms with Crippen LogP contribution in [-0.4, -0.2) is 27.2 Å². The molecule has 3 nitrogen and oxygen atoms in total. The highest BCUT2D eigenvalue weighted by atomic mass is 79.9. The second kappa shape index (κ2) is 6.23. The van der Waals surface area contributed by atoms with Gasteiger partial charge in [-0.2, -0.15) is 0 Å². The van der Waals surface area contributed by atoms with Gasteiger partial charge < -0.3 is 5.32 Å². The molecule has 1 aromatic heterocycles. The molecule has 0 aliphatic rings. The molecule has 0 fully saturated rings. The van der Waals surface area contributed by atoms with Gasteiger partial charge in [0, 0.05) is 39.5 Å². The largest absolute Gasteiger partial charge is 0.368 e. The van der Waals surface area contributed by atoms with Crippen LogP contribution in [0.25, 0.3) is 0 Å². The maximum atomic E-state index is 10.9. The molecule has 2 unspecified atom stereocenters. The summed E-state index contributed by atoms with van der Waals surface area (Å²) in [4.78, 5) is 4.21. The lowest BCUT2D eigenvalue weighted by Gasteiger charge is -2.13. The highest BCUT2D eigenvalue weighted by molar-refractivity contribution is 9.10. The molecule has 0 aliphatic heterocycles. The molecule has 84 valence electrons. The predicted molar refractivity (Wildman–Crippen MR) is 68.6 cm³/mol. The third-order valence-corrected chi connectivity index (χ3v) is 3.24. The lowest BCUT2D eigenvalue weighted by Crippen LogP contribution is -2.18. The van der Waals surface area contributed by atoms with Gasteiger partial charge in [-0.25, -0.2) is 4.98 Å². The standard InChI is InChI=1S/C10H15BrN2OS/c1-8(5-6-15(2)14)13-10-4-3-9(11)7-12-10/h3-4,7-8H,5-6H2,1-2H3,(H,12,13). The molecule has 0 aliphatic carbocycles. The molecule has 0 spiro atoms. The summed E-state index contributed by atoms with van der Waals surface area (Å²) in [5.41, 5.74) is 0. The van der Waals surface area contributed by atoms with Gasteiger partial charge in [0.15, 0.2) is 0 Å². The normalized spacial score (nSPS) is 14.6. The van der Waals surface area contributed by atoms with E-state index >= 15 is 0 Å². The predicted octanol–water partition coefficient (Wildman–Crippen LogP) is 2.41. The molecule has 0 amide bonds. The van der Waals surface area contributed by atoms with Crippen LogP contribution in [0.1, 0.15) is 13.3 Å². The molecule has 0 bridgehead atoms. The fourth-order valence-corrected chi connectivity index (χ4v) is 2.05. The van der Waals surface area contributed by atoms with Gasteiger partial charge in [0.2, 0.25) is 0 Å². The van der Waals surface area contributed by atoms with Crippen LogP contribution >= 0.6 is 15.9 Å². The number of pyridine rings is 1. The molecular weight excluding hydrogens is 276 g/mol. The molecule has 0 saturated carbocycles. The Kier molecular flexibility index (Phi) is 5.25. The average Bonchev–Trinajstić information content (AvgIpc) is 2.19. The molecule has 1 heterocycles. The number of anilines is 1. The van der Waals surface area contributed by atoms with Crippen molar-refractivity contribution in [3.63, 3.8) is 0 Å². The van der Waals surface area contributed by atoms with Crippen LogP contribution in [-0.2, 0) is 10.8 Å². The van der Waals surface area contributed by atoms with Crippen molar-refractivity contribution >= 4 is 32.5 Å². The molecule has 1 rings (SSSR count). The minimum absolute atomic E-state index is 0.294. The number of aromatic nitrogens is 1. The number of hydrogen-bond donors (Lipinski definition) is 1. The summed E-state index contributed by atoms with van der Waals surface area (Å²) in [6.45, 7) is 2.07. The van der Waals surface area contributed by atoms with Crippen molar-refractivity contribution in [1.29, 1.82) is 0 Å². The Balaban J connectivity index is 2.40. The molecule has 1 N–H and O–H groups in total. The lowest BCUT2D eigenvalue weighted by atomic mass is 10.2. The van der Waals surface area contributed by atoms with Gasteiger partial charge in [-0.1, -0.05) is 0 Å². The summed E-state index contributed by atoms with van der Waals surface area (Å²) in [5.74, 6) is 1.58. The zero-order valence-electron chi connectivity index (χ0n) is 8.87. The van der Waals surface area contributed by atoms with E-state index in [4.69, 9.17) is 0 Å². The smallest absolute Gasteiger partial charge is 0.126 e. The van der Waals surface area contributed by atoms with E-state index in [1.165, 1.54) is 0 Å². The van der Waals surface area contributed by atoms with Gasteiger partial charge in [-0.05, 0) is 41.4 Å². The highest BCUT2D eigenvalue weighted by Gasteiger charge is 2.03. The fourth-order valence-electron chi connectivity index (χ4n) is 1.13. The number of rotatable bonds is 5. The van der Waals surface area contributed by atoms with E-state index in [2.05, 4.69) is 33.2 Å². The zero-order valence-corrected chi connectivity index (χ0v) is 11.3. The summed E-state index contributed by atoms with van der Waals surface area (Å²) in [6, 6.07) is 4.16. The number of nitrogens with zero attached hydrogens (tertiary/aromatic N) is 1. The van der Waals surface area contributed by atoms with E-state index < -0.39 is 10.8 Å². The summed E-state index contributed by atoms with van der Waals surface area (Å²) >= 11 is 3.33. The van der Waals surface area contributed by atoms with Gasteiger partial charge in [-0.3, -0.25) is 4.21 Å². The molecule has 2 atom stereocenters. The first-order valence-electron chi connectivity index (χ1n) is 4.76. The minimum Gasteiger partial charge on any atom is -0.368 e. The summed E-state index contributed by atoms with van der Waals surface area (Å²) in [5, 5.41) is 3.26. The SMILES string of the molecule is CC(CCS(C)=O)Nc1ccc(Br)cn1. The van der Waals surface area contributed by atoms with Gasteiger partial charge in [0.05, 0.1) is 0 Å². The van der Waals surface area contributed by atoms with Crippen LogP contribution < -0.4 is 5.32 Å². The first kappa shape index (κ1) is 12.6. The van der Waals surface area contributed by atoms with Gasteiger partial charge in [-0.15, -0.1) is 0 Å². The maximum Gasteiger partial charge on any atom is 0.126 e. The Labute approximate surface area is 101 Å². The van der Waals surface area contributed by atoms with Gasteiger partial charge in [0.1, 0.15) is 5.82 Å². The quantitative estimate of drug-likeness (QED) is 0.906. The zero-order chi connectivity index (χ0) is 11.3. The Morgan fingerprint density at radius 3 is 2.87 bits per heavy atom. The Hall–Kier alpha value is -0.420. The van der Waals surface area contributed by atoms with Crippen molar-refractivity contribution in [2.45, 2.75) is 19.4 Å². The summed E-state index contributed by atoms with van der Waals surface area (Å²) in [7, 11) is -0.716. The maximum absolute atomic E-state index is 10.9. The van der Waals surface area contributed by atoms with E-state index in [1.807, 2.05) is 12.1 Å². The Morgan fingerprint density at radius 2 is 2.33 bits per heavy atom. The lowest BCUT2D eigenvalue weighted by molar-refractivity contribution is 0.678. The second-order valence-electron chi connectivity index (χ2n) is 3.47. The van der Waals surface area contributed by atoms with Gasteiger partial charge >= 0.3 is 0 Å². The third kappa shape index (κ3) is 5.28. The summed E-state index contributed by atoms with van der Waals surface area (Å²) < 4.78 is 11.9. The molecule has 1 aromatic rings. The number of hydrogen-bond acceptors (Lipinski definition) is 3.